The molecule has 0 saturated carbocycles. The number of rotatable bonds is 12. The molecule has 122 valence electrons. The van der Waals surface area contributed by atoms with E-state index in [1.165, 1.54) is 70.6 Å². The van der Waals surface area contributed by atoms with E-state index in [1.54, 1.807) is 0 Å². The first kappa shape index (κ1) is 18.2. The third-order valence-electron chi connectivity index (χ3n) is 4.55. The minimum absolute atomic E-state index is 0.168. The van der Waals surface area contributed by atoms with Gasteiger partial charge in [0.05, 0.1) is 0 Å². The summed E-state index contributed by atoms with van der Waals surface area (Å²) in [5.41, 5.74) is 0.168. The average Bonchev–Trinajstić information content (AvgIpc) is 2.91. The molecule has 21 heavy (non-hydrogen) atoms. The molecule has 3 nitrogen and oxygen atoms in total. The van der Waals surface area contributed by atoms with Crippen LogP contribution >= 0.6 is 0 Å². The van der Waals surface area contributed by atoms with Gasteiger partial charge in [-0.2, -0.15) is 5.10 Å². The molecule has 1 aromatic heterocycles. The first-order valence-electron chi connectivity index (χ1n) is 8.98. The third-order valence-corrected chi connectivity index (χ3v) is 4.55. The number of nitrogens with zero attached hydrogens (tertiary/aromatic N) is 3. The zero-order valence-corrected chi connectivity index (χ0v) is 14.7. The van der Waals surface area contributed by atoms with E-state index in [0.29, 0.717) is 0 Å². The summed E-state index contributed by atoms with van der Waals surface area (Å²) in [7, 11) is 1.97. The summed E-state index contributed by atoms with van der Waals surface area (Å²) in [6.07, 6.45) is 16.3. The van der Waals surface area contributed by atoms with Gasteiger partial charge in [-0.3, -0.25) is 4.68 Å². The van der Waals surface area contributed by atoms with Crippen molar-refractivity contribution in [2.75, 3.05) is 0 Å². The molecule has 1 atom stereocenters. The van der Waals surface area contributed by atoms with Crippen molar-refractivity contribution in [3.05, 3.63) is 12.2 Å². The number of aryl methyl sites for hydroxylation is 1. The van der Waals surface area contributed by atoms with Crippen LogP contribution in [-0.4, -0.2) is 14.8 Å². The number of hydrogen-bond donors (Lipinski definition) is 0. The maximum Gasteiger partial charge on any atom is 0.156 e. The molecule has 1 unspecified atom stereocenters. The topological polar surface area (TPSA) is 30.7 Å². The lowest BCUT2D eigenvalue weighted by molar-refractivity contribution is 0.344. The first-order valence-corrected chi connectivity index (χ1v) is 8.98. The lowest BCUT2D eigenvalue weighted by atomic mass is 9.79. The van der Waals surface area contributed by atoms with Gasteiger partial charge in [-0.05, 0) is 12.8 Å². The Morgan fingerprint density at radius 2 is 1.43 bits per heavy atom. The lowest BCUT2D eigenvalue weighted by Crippen LogP contribution is -2.24. The van der Waals surface area contributed by atoms with Crippen molar-refractivity contribution in [1.29, 1.82) is 0 Å². The molecule has 0 aliphatic carbocycles. The fraction of sp³-hybridized carbons (Fsp3) is 0.889. The second-order valence-electron chi connectivity index (χ2n) is 6.78. The van der Waals surface area contributed by atoms with Gasteiger partial charge in [0.2, 0.25) is 0 Å². The van der Waals surface area contributed by atoms with Gasteiger partial charge in [0.15, 0.2) is 5.82 Å². The number of hydrogen-bond acceptors (Lipinski definition) is 2. The van der Waals surface area contributed by atoms with Gasteiger partial charge in [0, 0.05) is 12.5 Å². The molecule has 0 aromatic carbocycles. The Morgan fingerprint density at radius 1 is 0.905 bits per heavy atom. The van der Waals surface area contributed by atoms with Crippen LogP contribution in [0, 0.1) is 0 Å². The van der Waals surface area contributed by atoms with Crippen LogP contribution in [0.25, 0.3) is 0 Å². The van der Waals surface area contributed by atoms with Crippen molar-refractivity contribution in [1.82, 2.24) is 14.8 Å². The number of aromatic nitrogens is 3. The highest BCUT2D eigenvalue weighted by atomic mass is 15.3. The van der Waals surface area contributed by atoms with Gasteiger partial charge in [0.25, 0.3) is 0 Å². The van der Waals surface area contributed by atoms with Gasteiger partial charge in [-0.25, -0.2) is 4.98 Å². The molecule has 0 aliphatic heterocycles. The lowest BCUT2D eigenvalue weighted by Gasteiger charge is -2.27. The quantitative estimate of drug-likeness (QED) is 0.483. The highest BCUT2D eigenvalue weighted by Crippen LogP contribution is 2.33. The minimum atomic E-state index is 0.168. The van der Waals surface area contributed by atoms with Crippen LogP contribution in [0.5, 0.6) is 0 Å². The molecule has 0 fully saturated rings. The normalized spacial score (nSPS) is 14.3. The first-order chi connectivity index (χ1) is 10.1. The van der Waals surface area contributed by atoms with Crippen LogP contribution in [0.2, 0.25) is 0 Å². The summed E-state index contributed by atoms with van der Waals surface area (Å²) in [5.74, 6) is 1.05. The zero-order chi connectivity index (χ0) is 15.6. The molecule has 0 N–H and O–H groups in total. The van der Waals surface area contributed by atoms with Crippen LogP contribution in [-0.2, 0) is 12.5 Å². The molecule has 1 heterocycles. The molecule has 0 spiro atoms. The fourth-order valence-electron chi connectivity index (χ4n) is 3.03. The molecule has 0 radical (unpaired) electrons. The minimum Gasteiger partial charge on any atom is -0.256 e. The maximum atomic E-state index is 4.60. The Morgan fingerprint density at radius 3 is 1.90 bits per heavy atom. The van der Waals surface area contributed by atoms with Gasteiger partial charge < -0.3 is 0 Å². The molecule has 0 aliphatic rings. The summed E-state index contributed by atoms with van der Waals surface area (Å²) in [6.45, 7) is 6.91. The molecule has 3 heteroatoms. The van der Waals surface area contributed by atoms with E-state index in [0.717, 1.165) is 5.82 Å². The molecular weight excluding hydrogens is 258 g/mol. The van der Waals surface area contributed by atoms with E-state index < -0.39 is 0 Å². The van der Waals surface area contributed by atoms with E-state index in [1.807, 2.05) is 18.1 Å². The Kier molecular flexibility index (Phi) is 8.63. The Hall–Kier alpha value is -0.860. The highest BCUT2D eigenvalue weighted by molar-refractivity contribution is 5.04. The average molecular weight is 293 g/mol. The highest BCUT2D eigenvalue weighted by Gasteiger charge is 2.29. The Bertz CT molecular complexity index is 372. The van der Waals surface area contributed by atoms with Crippen LogP contribution < -0.4 is 0 Å². The van der Waals surface area contributed by atoms with E-state index >= 15 is 0 Å². The predicted molar refractivity (Wildman–Crippen MR) is 90.5 cm³/mol. The maximum absolute atomic E-state index is 4.60. The largest absolute Gasteiger partial charge is 0.256 e. The van der Waals surface area contributed by atoms with E-state index in [4.69, 9.17) is 0 Å². The van der Waals surface area contributed by atoms with Crippen LogP contribution in [0.4, 0.5) is 0 Å². The summed E-state index contributed by atoms with van der Waals surface area (Å²) >= 11 is 0. The third kappa shape index (κ3) is 6.62. The molecule has 0 amide bonds. The van der Waals surface area contributed by atoms with E-state index in [9.17, 15) is 0 Å². The van der Waals surface area contributed by atoms with E-state index in [2.05, 4.69) is 30.9 Å². The number of unbranched alkanes of at least 4 members (excludes halogenated alkanes) is 7. The molecule has 0 bridgehead atoms. The monoisotopic (exact) mass is 293 g/mol. The van der Waals surface area contributed by atoms with Gasteiger partial charge in [-0.15, -0.1) is 0 Å². The smallest absolute Gasteiger partial charge is 0.156 e. The second kappa shape index (κ2) is 9.97. The van der Waals surface area contributed by atoms with Crippen LogP contribution in [0.1, 0.15) is 97.2 Å². The molecule has 1 aromatic rings. The van der Waals surface area contributed by atoms with Crippen molar-refractivity contribution in [2.24, 2.45) is 7.05 Å². The molecular formula is C18H35N3. The van der Waals surface area contributed by atoms with Crippen LogP contribution in [0.15, 0.2) is 6.33 Å². The zero-order valence-electron chi connectivity index (χ0n) is 14.7. The fourth-order valence-corrected chi connectivity index (χ4v) is 3.03. The summed E-state index contributed by atoms with van der Waals surface area (Å²) in [6, 6.07) is 0. The SMILES string of the molecule is CCCCCCCC(C)(CCCCCC)c1ncn(C)n1. The van der Waals surface area contributed by atoms with Crippen molar-refractivity contribution >= 4 is 0 Å². The van der Waals surface area contributed by atoms with Crippen molar-refractivity contribution < 1.29 is 0 Å². The summed E-state index contributed by atoms with van der Waals surface area (Å²) < 4.78 is 1.84. The van der Waals surface area contributed by atoms with Gasteiger partial charge >= 0.3 is 0 Å². The van der Waals surface area contributed by atoms with Crippen molar-refractivity contribution in [3.63, 3.8) is 0 Å². The van der Waals surface area contributed by atoms with Crippen molar-refractivity contribution in [3.8, 4) is 0 Å². The molecule has 0 saturated heterocycles. The van der Waals surface area contributed by atoms with Crippen molar-refractivity contribution in [2.45, 2.75) is 96.8 Å². The Labute approximate surface area is 131 Å². The Balaban J connectivity index is 2.52. The van der Waals surface area contributed by atoms with Gasteiger partial charge in [-0.1, -0.05) is 78.6 Å². The predicted octanol–water partition coefficient (Wildman–Crippen LogP) is 5.40. The van der Waals surface area contributed by atoms with Crippen LogP contribution in [0.3, 0.4) is 0 Å². The summed E-state index contributed by atoms with van der Waals surface area (Å²) in [5, 5.41) is 4.60. The second-order valence-corrected chi connectivity index (χ2v) is 6.78. The standard InChI is InChI=1S/C18H35N3/c1-5-7-9-11-13-15-18(3,14-12-10-8-6-2)17-19-16-21(4)20-17/h16H,5-15H2,1-4H3. The molecule has 1 rings (SSSR count). The van der Waals surface area contributed by atoms with Gasteiger partial charge in [0.1, 0.15) is 6.33 Å². The summed E-state index contributed by atoms with van der Waals surface area (Å²) in [4.78, 5) is 4.55. The van der Waals surface area contributed by atoms with E-state index in [-0.39, 0.29) is 5.41 Å².